The minimum atomic E-state index is -3.45. The summed E-state index contributed by atoms with van der Waals surface area (Å²) in [4.78, 5) is 11.7. The Morgan fingerprint density at radius 3 is 2.48 bits per heavy atom. The molecule has 0 amide bonds. The van der Waals surface area contributed by atoms with Crippen molar-refractivity contribution in [3.63, 3.8) is 0 Å². The largest absolute Gasteiger partial charge is 0.490 e. The Morgan fingerprint density at radius 1 is 1.22 bits per heavy atom. The third-order valence-corrected chi connectivity index (χ3v) is 4.63. The first-order valence-electron chi connectivity index (χ1n) is 7.70. The molecular weight excluding hydrogens is 318 g/mol. The number of hydrogen-bond acceptors (Lipinski definition) is 5. The lowest BCUT2D eigenvalue weighted by Crippen LogP contribution is -2.41. The third kappa shape index (κ3) is 7.99. The van der Waals surface area contributed by atoms with Crippen molar-refractivity contribution in [2.24, 2.45) is 0 Å². The Hall–Kier alpha value is -1.60. The molecule has 0 saturated carbocycles. The summed E-state index contributed by atoms with van der Waals surface area (Å²) in [5, 5.41) is 0. The molecule has 0 aliphatic carbocycles. The summed E-state index contributed by atoms with van der Waals surface area (Å²) < 4.78 is 36.2. The minimum absolute atomic E-state index is 0.0116. The number of esters is 1. The van der Waals surface area contributed by atoms with E-state index in [1.807, 2.05) is 38.1 Å². The minimum Gasteiger partial charge on any atom is -0.490 e. The first-order chi connectivity index (χ1) is 10.8. The number of hydrogen-bond donors (Lipinski definition) is 1. The van der Waals surface area contributed by atoms with Gasteiger partial charge in [-0.05, 0) is 32.4 Å². The van der Waals surface area contributed by atoms with E-state index in [2.05, 4.69) is 4.72 Å². The average Bonchev–Trinajstić information content (AvgIpc) is 2.50. The zero-order valence-corrected chi connectivity index (χ0v) is 14.7. The fraction of sp³-hybridized carbons (Fsp3) is 0.562. The first kappa shape index (κ1) is 19.4. The molecule has 1 rings (SSSR count). The Balaban J connectivity index is 2.28. The van der Waals surface area contributed by atoms with Gasteiger partial charge < -0.3 is 9.47 Å². The van der Waals surface area contributed by atoms with Gasteiger partial charge in [-0.1, -0.05) is 31.0 Å². The van der Waals surface area contributed by atoms with Gasteiger partial charge in [-0.25, -0.2) is 13.1 Å². The average molecular weight is 343 g/mol. The van der Waals surface area contributed by atoms with E-state index in [1.165, 1.54) is 6.92 Å². The van der Waals surface area contributed by atoms with Crippen LogP contribution < -0.4 is 9.46 Å². The van der Waals surface area contributed by atoms with E-state index in [9.17, 15) is 13.2 Å². The lowest BCUT2D eigenvalue weighted by molar-refractivity contribution is -0.145. The molecule has 0 bridgehead atoms. The van der Waals surface area contributed by atoms with Crippen LogP contribution in [0.2, 0.25) is 0 Å². The first-order valence-corrected chi connectivity index (χ1v) is 9.35. The summed E-state index contributed by atoms with van der Waals surface area (Å²) in [6.45, 7) is 5.63. The molecule has 1 atom stereocenters. The highest BCUT2D eigenvalue weighted by atomic mass is 32.2. The standard InChI is InChI=1S/C16H25NO5S/c1-4-5-12-23(19,20)17-14(3)16(18)22-11-10-21-15-8-6-13(2)7-9-15/h6-9,14,17H,4-5,10-12H2,1-3H3/t14-/m0/s1. The van der Waals surface area contributed by atoms with Crippen molar-refractivity contribution in [1.82, 2.24) is 4.72 Å². The van der Waals surface area contributed by atoms with Crippen molar-refractivity contribution in [2.75, 3.05) is 19.0 Å². The lowest BCUT2D eigenvalue weighted by Gasteiger charge is -2.14. The van der Waals surface area contributed by atoms with E-state index >= 15 is 0 Å². The molecule has 1 N–H and O–H groups in total. The van der Waals surface area contributed by atoms with E-state index < -0.39 is 22.0 Å². The Morgan fingerprint density at radius 2 is 1.87 bits per heavy atom. The molecular formula is C16H25NO5S. The van der Waals surface area contributed by atoms with Crippen LogP contribution in [0.3, 0.4) is 0 Å². The van der Waals surface area contributed by atoms with Gasteiger partial charge >= 0.3 is 5.97 Å². The van der Waals surface area contributed by atoms with Crippen LogP contribution in [-0.4, -0.2) is 39.4 Å². The molecule has 0 aromatic heterocycles. The topological polar surface area (TPSA) is 81.7 Å². The third-order valence-electron chi connectivity index (χ3n) is 3.09. The van der Waals surface area contributed by atoms with Gasteiger partial charge in [0.2, 0.25) is 10.0 Å². The highest BCUT2D eigenvalue weighted by Gasteiger charge is 2.20. The van der Waals surface area contributed by atoms with Gasteiger partial charge in [0, 0.05) is 0 Å². The Labute approximate surface area is 138 Å². The second-order valence-corrected chi connectivity index (χ2v) is 7.21. The van der Waals surface area contributed by atoms with Gasteiger partial charge in [0.1, 0.15) is 25.0 Å². The SMILES string of the molecule is CCCCS(=O)(=O)N[C@@H](C)C(=O)OCCOc1ccc(C)cc1. The molecule has 130 valence electrons. The monoisotopic (exact) mass is 343 g/mol. The van der Waals surface area contributed by atoms with E-state index in [1.54, 1.807) is 0 Å². The van der Waals surface area contributed by atoms with Gasteiger partial charge in [-0.2, -0.15) is 0 Å². The summed E-state index contributed by atoms with van der Waals surface area (Å²) in [7, 11) is -3.45. The molecule has 6 nitrogen and oxygen atoms in total. The molecule has 0 radical (unpaired) electrons. The Kier molecular flexibility index (Phi) is 8.05. The molecule has 1 aromatic carbocycles. The molecule has 0 heterocycles. The van der Waals surface area contributed by atoms with Crippen LogP contribution in [0.25, 0.3) is 0 Å². The predicted octanol–water partition coefficient (Wildman–Crippen LogP) is 2.03. The van der Waals surface area contributed by atoms with Crippen LogP contribution in [0.4, 0.5) is 0 Å². The summed E-state index contributed by atoms with van der Waals surface area (Å²) in [5.41, 5.74) is 1.13. The maximum atomic E-state index is 11.7. The van der Waals surface area contributed by atoms with Crippen molar-refractivity contribution in [3.8, 4) is 5.75 Å². The number of rotatable bonds is 10. The van der Waals surface area contributed by atoms with Gasteiger partial charge in [-0.15, -0.1) is 0 Å². The smallest absolute Gasteiger partial charge is 0.323 e. The zero-order valence-electron chi connectivity index (χ0n) is 13.9. The van der Waals surface area contributed by atoms with Crippen LogP contribution in [-0.2, 0) is 19.6 Å². The molecule has 7 heteroatoms. The molecule has 0 unspecified atom stereocenters. The number of benzene rings is 1. The van der Waals surface area contributed by atoms with Gasteiger partial charge in [0.25, 0.3) is 0 Å². The van der Waals surface area contributed by atoms with Crippen LogP contribution in [0.15, 0.2) is 24.3 Å². The predicted molar refractivity (Wildman–Crippen MR) is 88.9 cm³/mol. The molecule has 0 spiro atoms. The fourth-order valence-corrected chi connectivity index (χ4v) is 3.19. The van der Waals surface area contributed by atoms with Gasteiger partial charge in [0.05, 0.1) is 5.75 Å². The maximum absolute atomic E-state index is 11.7. The van der Waals surface area contributed by atoms with E-state index in [4.69, 9.17) is 9.47 Å². The number of carbonyl (C=O) groups excluding carboxylic acids is 1. The summed E-state index contributed by atoms with van der Waals surface area (Å²) >= 11 is 0. The molecule has 1 aromatic rings. The Bertz CT molecular complexity index is 583. The van der Waals surface area contributed by atoms with Crippen molar-refractivity contribution in [2.45, 2.75) is 39.7 Å². The maximum Gasteiger partial charge on any atom is 0.323 e. The van der Waals surface area contributed by atoms with E-state index in [-0.39, 0.29) is 19.0 Å². The number of ether oxygens (including phenoxy) is 2. The zero-order chi connectivity index (χ0) is 17.3. The number of nitrogens with one attached hydrogen (secondary N) is 1. The van der Waals surface area contributed by atoms with Crippen molar-refractivity contribution < 1.29 is 22.7 Å². The van der Waals surface area contributed by atoms with Gasteiger partial charge in [-0.3, -0.25) is 4.79 Å². The molecule has 0 saturated heterocycles. The lowest BCUT2D eigenvalue weighted by atomic mass is 10.2. The van der Waals surface area contributed by atoms with Crippen molar-refractivity contribution >= 4 is 16.0 Å². The van der Waals surface area contributed by atoms with Crippen LogP contribution in [0.1, 0.15) is 32.3 Å². The number of unbranched alkanes of at least 4 members (excludes halogenated alkanes) is 1. The van der Waals surface area contributed by atoms with Crippen LogP contribution >= 0.6 is 0 Å². The van der Waals surface area contributed by atoms with Crippen molar-refractivity contribution in [1.29, 1.82) is 0 Å². The normalized spacial score (nSPS) is 12.7. The molecule has 0 aliphatic heterocycles. The highest BCUT2D eigenvalue weighted by molar-refractivity contribution is 7.89. The van der Waals surface area contributed by atoms with Crippen LogP contribution in [0.5, 0.6) is 5.75 Å². The van der Waals surface area contributed by atoms with E-state index in [0.717, 1.165) is 12.0 Å². The highest BCUT2D eigenvalue weighted by Crippen LogP contribution is 2.11. The summed E-state index contributed by atoms with van der Waals surface area (Å²) in [6, 6.07) is 6.61. The number of sulfonamides is 1. The molecule has 0 fully saturated rings. The second-order valence-electron chi connectivity index (χ2n) is 5.34. The quantitative estimate of drug-likeness (QED) is 0.519. The van der Waals surface area contributed by atoms with Gasteiger partial charge in [0.15, 0.2) is 0 Å². The number of aryl methyl sites for hydroxylation is 1. The summed E-state index contributed by atoms with van der Waals surface area (Å²) in [6.07, 6.45) is 1.33. The second kappa shape index (κ2) is 9.52. The number of carbonyl (C=O) groups is 1. The molecule has 0 aliphatic rings. The fourth-order valence-electron chi connectivity index (χ4n) is 1.77. The van der Waals surface area contributed by atoms with E-state index in [0.29, 0.717) is 12.2 Å². The summed E-state index contributed by atoms with van der Waals surface area (Å²) in [5.74, 6) is 0.0926. The molecule has 23 heavy (non-hydrogen) atoms. The van der Waals surface area contributed by atoms with Crippen LogP contribution in [0, 0.1) is 6.92 Å². The van der Waals surface area contributed by atoms with Crippen molar-refractivity contribution in [3.05, 3.63) is 29.8 Å².